The molecular formula is C12H8ClFIN3. The van der Waals surface area contributed by atoms with Gasteiger partial charge in [-0.25, -0.2) is 14.1 Å². The van der Waals surface area contributed by atoms with E-state index in [0.717, 1.165) is 8.96 Å². The molecule has 0 amide bonds. The van der Waals surface area contributed by atoms with Gasteiger partial charge in [0.2, 0.25) is 5.13 Å². The molecule has 2 aromatic rings. The largest absolute Gasteiger partial charge is 0.237 e. The zero-order chi connectivity index (χ0) is 12.8. The monoisotopic (exact) mass is 375 g/mol. The Morgan fingerprint density at radius 3 is 3.06 bits per heavy atom. The molecule has 2 unspecified atom stereocenters. The van der Waals surface area contributed by atoms with Crippen LogP contribution in [0, 0.1) is 3.57 Å². The van der Waals surface area contributed by atoms with Gasteiger partial charge in [0, 0.05) is 9.77 Å². The fourth-order valence-electron chi connectivity index (χ4n) is 1.94. The second-order valence-electron chi connectivity index (χ2n) is 3.98. The second kappa shape index (κ2) is 4.31. The van der Waals surface area contributed by atoms with Crippen LogP contribution < -0.4 is 0 Å². The van der Waals surface area contributed by atoms with Crippen LogP contribution in [0.15, 0.2) is 42.8 Å². The van der Waals surface area contributed by atoms with Crippen LogP contribution in [-0.2, 0) is 0 Å². The molecular weight excluding hydrogens is 368 g/mol. The highest BCUT2D eigenvalue weighted by Crippen LogP contribution is 2.37. The third-order valence-electron chi connectivity index (χ3n) is 2.82. The van der Waals surface area contributed by atoms with E-state index in [2.05, 4.69) is 32.7 Å². The molecule has 2 heterocycles. The Hall–Kier alpha value is -0.950. The summed E-state index contributed by atoms with van der Waals surface area (Å²) in [5, 5.41) is 3.14. The van der Waals surface area contributed by atoms with Crippen LogP contribution in [0.25, 0.3) is 11.0 Å². The first-order valence-corrected chi connectivity index (χ1v) is 6.77. The predicted octanol–water partition coefficient (Wildman–Crippen LogP) is 3.61. The molecule has 0 N–H and O–H groups in total. The lowest BCUT2D eigenvalue weighted by Gasteiger charge is -2.25. The van der Waals surface area contributed by atoms with Crippen molar-refractivity contribution in [3.05, 3.63) is 46.3 Å². The highest BCUT2D eigenvalue weighted by Gasteiger charge is 2.37. The number of hydrogen-bond acceptors (Lipinski definition) is 2. The molecule has 92 valence electrons. The molecule has 0 radical (unpaired) electrons. The van der Waals surface area contributed by atoms with E-state index in [1.807, 2.05) is 6.07 Å². The van der Waals surface area contributed by atoms with E-state index in [0.29, 0.717) is 5.65 Å². The molecule has 6 heteroatoms. The van der Waals surface area contributed by atoms with Crippen molar-refractivity contribution >= 4 is 45.2 Å². The minimum atomic E-state index is -1.98. The van der Waals surface area contributed by atoms with Gasteiger partial charge < -0.3 is 0 Å². The zero-order valence-electron chi connectivity index (χ0n) is 9.09. The molecule has 0 saturated carbocycles. The molecule has 3 rings (SSSR count). The fourth-order valence-corrected chi connectivity index (χ4v) is 2.72. The lowest BCUT2D eigenvalue weighted by atomic mass is 10.1. The number of hydrogen-bond donors (Lipinski definition) is 0. The van der Waals surface area contributed by atoms with Crippen LogP contribution >= 0.6 is 34.2 Å². The Balaban J connectivity index is 2.18. The van der Waals surface area contributed by atoms with Crippen molar-refractivity contribution in [3.63, 3.8) is 0 Å². The van der Waals surface area contributed by atoms with E-state index in [-0.39, 0.29) is 0 Å². The Bertz CT molecular complexity index is 662. The zero-order valence-corrected chi connectivity index (χ0v) is 12.0. The van der Waals surface area contributed by atoms with Crippen LogP contribution in [0.2, 0.25) is 0 Å². The Morgan fingerprint density at radius 1 is 1.44 bits per heavy atom. The molecule has 0 bridgehead atoms. The first kappa shape index (κ1) is 12.1. The summed E-state index contributed by atoms with van der Waals surface area (Å²) >= 11 is 8.07. The summed E-state index contributed by atoms with van der Waals surface area (Å²) in [4.78, 5) is 4.26. The third-order valence-corrected chi connectivity index (χ3v) is 4.12. The number of aromatic nitrogens is 3. The van der Waals surface area contributed by atoms with Crippen LogP contribution in [-0.4, -0.2) is 19.9 Å². The second-order valence-corrected chi connectivity index (χ2v) is 5.72. The summed E-state index contributed by atoms with van der Waals surface area (Å²) in [6, 6.07) is 1.20. The molecule has 18 heavy (non-hydrogen) atoms. The number of halogens is 3. The van der Waals surface area contributed by atoms with Crippen molar-refractivity contribution in [1.82, 2.24) is 14.8 Å². The number of allylic oxidation sites excluding steroid dienone is 4. The standard InChI is InChI=1S/C12H8ClFIN3/c13-12(14)5-2-1-3-10(12)18-11-8(7-17-18)9(15)4-6-16-11/h1-7,10H. The quantitative estimate of drug-likeness (QED) is 0.563. The minimum absolute atomic E-state index is 0.634. The molecule has 0 aliphatic heterocycles. The van der Waals surface area contributed by atoms with Crippen LogP contribution in [0.4, 0.5) is 4.39 Å². The van der Waals surface area contributed by atoms with E-state index in [1.54, 1.807) is 30.6 Å². The van der Waals surface area contributed by atoms with Crippen molar-refractivity contribution in [1.29, 1.82) is 0 Å². The van der Waals surface area contributed by atoms with E-state index in [9.17, 15) is 4.39 Å². The smallest absolute Gasteiger partial charge is 0.228 e. The van der Waals surface area contributed by atoms with Crippen molar-refractivity contribution in [2.45, 2.75) is 11.2 Å². The molecule has 2 aromatic heterocycles. The van der Waals surface area contributed by atoms with Gasteiger partial charge in [0.15, 0.2) is 5.65 Å². The molecule has 2 atom stereocenters. The summed E-state index contributed by atoms with van der Waals surface area (Å²) < 4.78 is 16.8. The first-order chi connectivity index (χ1) is 8.59. The number of fused-ring (bicyclic) bond motifs is 1. The van der Waals surface area contributed by atoms with Crippen LogP contribution in [0.3, 0.4) is 0 Å². The summed E-state index contributed by atoms with van der Waals surface area (Å²) in [7, 11) is 0. The maximum absolute atomic E-state index is 14.3. The topological polar surface area (TPSA) is 30.7 Å². The molecule has 0 spiro atoms. The summed E-state index contributed by atoms with van der Waals surface area (Å²) in [5.74, 6) is 0. The van der Waals surface area contributed by atoms with Gasteiger partial charge in [-0.1, -0.05) is 29.8 Å². The normalized spacial score (nSPS) is 26.9. The third kappa shape index (κ3) is 1.85. The maximum atomic E-state index is 14.3. The molecule has 1 aliphatic carbocycles. The average Bonchev–Trinajstić information content (AvgIpc) is 2.74. The summed E-state index contributed by atoms with van der Waals surface area (Å²) in [6.45, 7) is 0. The molecule has 0 aromatic carbocycles. The number of alkyl halides is 2. The van der Waals surface area contributed by atoms with Gasteiger partial charge in [0.25, 0.3) is 0 Å². The molecule has 0 saturated heterocycles. The van der Waals surface area contributed by atoms with Crippen LogP contribution in [0.5, 0.6) is 0 Å². The van der Waals surface area contributed by atoms with E-state index in [1.165, 1.54) is 10.8 Å². The van der Waals surface area contributed by atoms with E-state index in [4.69, 9.17) is 11.6 Å². The van der Waals surface area contributed by atoms with Gasteiger partial charge in [-0.15, -0.1) is 0 Å². The van der Waals surface area contributed by atoms with E-state index < -0.39 is 11.2 Å². The number of nitrogens with zero attached hydrogens (tertiary/aromatic N) is 3. The minimum Gasteiger partial charge on any atom is -0.237 e. The van der Waals surface area contributed by atoms with E-state index >= 15 is 0 Å². The van der Waals surface area contributed by atoms with Crippen molar-refractivity contribution in [2.24, 2.45) is 0 Å². The lowest BCUT2D eigenvalue weighted by molar-refractivity contribution is 0.259. The Morgan fingerprint density at radius 2 is 2.28 bits per heavy atom. The lowest BCUT2D eigenvalue weighted by Crippen LogP contribution is -2.28. The number of pyridine rings is 1. The highest BCUT2D eigenvalue weighted by atomic mass is 127. The maximum Gasteiger partial charge on any atom is 0.228 e. The summed E-state index contributed by atoms with van der Waals surface area (Å²) in [5.41, 5.74) is 0.634. The summed E-state index contributed by atoms with van der Waals surface area (Å²) in [6.07, 6.45) is 9.71. The van der Waals surface area contributed by atoms with Gasteiger partial charge in [0.1, 0.15) is 6.04 Å². The SMILES string of the molecule is FC1(Cl)C=CC=CC1n1ncc2c(I)ccnc21. The van der Waals surface area contributed by atoms with Gasteiger partial charge in [-0.3, -0.25) is 0 Å². The Kier molecular flexibility index (Phi) is 2.90. The van der Waals surface area contributed by atoms with Crippen molar-refractivity contribution in [2.75, 3.05) is 0 Å². The Labute approximate surface area is 121 Å². The van der Waals surface area contributed by atoms with Crippen molar-refractivity contribution < 1.29 is 4.39 Å². The van der Waals surface area contributed by atoms with Crippen LogP contribution in [0.1, 0.15) is 6.04 Å². The van der Waals surface area contributed by atoms with Gasteiger partial charge >= 0.3 is 0 Å². The first-order valence-electron chi connectivity index (χ1n) is 5.31. The average molecular weight is 376 g/mol. The molecule has 3 nitrogen and oxygen atoms in total. The van der Waals surface area contributed by atoms with Gasteiger partial charge in [-0.2, -0.15) is 5.10 Å². The molecule has 0 fully saturated rings. The van der Waals surface area contributed by atoms with Gasteiger partial charge in [0.05, 0.1) is 11.6 Å². The molecule has 1 aliphatic rings. The fraction of sp³-hybridized carbons (Fsp3) is 0.167. The van der Waals surface area contributed by atoms with Gasteiger partial charge in [-0.05, 0) is 34.7 Å². The predicted molar refractivity (Wildman–Crippen MR) is 77.3 cm³/mol. The highest BCUT2D eigenvalue weighted by molar-refractivity contribution is 14.1. The number of rotatable bonds is 1. The van der Waals surface area contributed by atoms with Crippen molar-refractivity contribution in [3.8, 4) is 0 Å².